The predicted octanol–water partition coefficient (Wildman–Crippen LogP) is 2.95. The van der Waals surface area contributed by atoms with Gasteiger partial charge in [0.2, 0.25) is 0 Å². The number of likely N-dealkylation sites (tertiary alicyclic amines) is 1. The highest BCUT2D eigenvalue weighted by atomic mass is 16.3. The zero-order chi connectivity index (χ0) is 13.9. The van der Waals surface area contributed by atoms with E-state index in [0.717, 1.165) is 32.4 Å². The van der Waals surface area contributed by atoms with Crippen LogP contribution in [-0.2, 0) is 6.42 Å². The summed E-state index contributed by atoms with van der Waals surface area (Å²) in [6.45, 7) is 4.24. The van der Waals surface area contributed by atoms with Crippen molar-refractivity contribution in [2.75, 3.05) is 13.1 Å². The first-order valence-corrected chi connectivity index (χ1v) is 7.76. The number of aliphatic hydroxyl groups excluding tert-OH is 1. The molecule has 2 heterocycles. The molecule has 0 spiro atoms. The zero-order valence-corrected chi connectivity index (χ0v) is 12.2. The minimum Gasteiger partial charge on any atom is -0.392 e. The quantitative estimate of drug-likeness (QED) is 0.878. The first kappa shape index (κ1) is 13.7. The van der Waals surface area contributed by atoms with Crippen molar-refractivity contribution < 1.29 is 5.11 Å². The molecule has 1 aromatic carbocycles. The topological polar surface area (TPSA) is 39.3 Å². The lowest BCUT2D eigenvalue weighted by molar-refractivity contribution is 0.0707. The molecule has 0 saturated carbocycles. The van der Waals surface area contributed by atoms with Crippen LogP contribution in [0.15, 0.2) is 30.5 Å². The largest absolute Gasteiger partial charge is 0.392 e. The van der Waals surface area contributed by atoms with Gasteiger partial charge in [0.15, 0.2) is 0 Å². The van der Waals surface area contributed by atoms with Gasteiger partial charge >= 0.3 is 0 Å². The van der Waals surface area contributed by atoms with Crippen molar-refractivity contribution in [1.29, 1.82) is 0 Å². The van der Waals surface area contributed by atoms with Crippen LogP contribution in [0.1, 0.15) is 31.7 Å². The molecule has 0 bridgehead atoms. The minimum atomic E-state index is -0.166. The van der Waals surface area contributed by atoms with Gasteiger partial charge in [-0.3, -0.25) is 4.90 Å². The van der Waals surface area contributed by atoms with Gasteiger partial charge in [-0.1, -0.05) is 25.1 Å². The van der Waals surface area contributed by atoms with Gasteiger partial charge in [0, 0.05) is 29.7 Å². The van der Waals surface area contributed by atoms with Crippen LogP contribution in [-0.4, -0.2) is 40.2 Å². The molecule has 0 aliphatic carbocycles. The third-order valence-electron chi connectivity index (χ3n) is 4.62. The molecule has 3 heteroatoms. The van der Waals surface area contributed by atoms with Crippen LogP contribution in [0.25, 0.3) is 10.9 Å². The fourth-order valence-corrected chi connectivity index (χ4v) is 3.44. The van der Waals surface area contributed by atoms with Crippen LogP contribution in [0.2, 0.25) is 0 Å². The number of nitrogens with one attached hydrogen (secondary N) is 1. The van der Waals surface area contributed by atoms with E-state index in [1.807, 2.05) is 0 Å². The first-order valence-electron chi connectivity index (χ1n) is 7.76. The molecule has 1 saturated heterocycles. The van der Waals surface area contributed by atoms with Gasteiger partial charge in [0.25, 0.3) is 0 Å². The highest BCUT2D eigenvalue weighted by Gasteiger charge is 2.29. The summed E-state index contributed by atoms with van der Waals surface area (Å²) < 4.78 is 0. The molecule has 108 valence electrons. The van der Waals surface area contributed by atoms with E-state index in [1.54, 1.807) is 0 Å². The van der Waals surface area contributed by atoms with E-state index in [0.29, 0.717) is 6.04 Å². The number of fused-ring (bicyclic) bond motifs is 1. The molecule has 1 aliphatic heterocycles. The zero-order valence-electron chi connectivity index (χ0n) is 12.2. The molecule has 1 aromatic heterocycles. The number of benzene rings is 1. The minimum absolute atomic E-state index is 0.166. The van der Waals surface area contributed by atoms with Gasteiger partial charge in [-0.25, -0.2) is 0 Å². The number of hydrogen-bond acceptors (Lipinski definition) is 2. The molecular formula is C17H24N2O. The third-order valence-corrected chi connectivity index (χ3v) is 4.62. The number of H-pyrrole nitrogens is 1. The predicted molar refractivity (Wildman–Crippen MR) is 82.9 cm³/mol. The standard InChI is InChI=1S/C17H24N2O/c1-2-17(20)16-8-5-10-19(16)11-9-13-12-18-15-7-4-3-6-14(13)15/h3-4,6-7,12,16-18,20H,2,5,8-11H2,1H3/t16?,17-/m1/s1. The smallest absolute Gasteiger partial charge is 0.0692 e. The summed E-state index contributed by atoms with van der Waals surface area (Å²) in [5, 5.41) is 11.4. The van der Waals surface area contributed by atoms with Gasteiger partial charge in [-0.05, 0) is 43.9 Å². The lowest BCUT2D eigenvalue weighted by atomic mass is 10.1. The van der Waals surface area contributed by atoms with E-state index in [1.165, 1.54) is 22.9 Å². The lowest BCUT2D eigenvalue weighted by Crippen LogP contribution is -2.39. The lowest BCUT2D eigenvalue weighted by Gasteiger charge is -2.27. The Bertz CT molecular complexity index is 563. The van der Waals surface area contributed by atoms with Crippen LogP contribution in [0.4, 0.5) is 0 Å². The molecule has 20 heavy (non-hydrogen) atoms. The van der Waals surface area contributed by atoms with E-state index >= 15 is 0 Å². The second-order valence-corrected chi connectivity index (χ2v) is 5.83. The van der Waals surface area contributed by atoms with Gasteiger partial charge in [0.1, 0.15) is 0 Å². The number of nitrogens with zero attached hydrogens (tertiary/aromatic N) is 1. The van der Waals surface area contributed by atoms with E-state index < -0.39 is 0 Å². The van der Waals surface area contributed by atoms with Crippen molar-refractivity contribution in [1.82, 2.24) is 9.88 Å². The van der Waals surface area contributed by atoms with Crippen molar-refractivity contribution in [2.45, 2.75) is 44.8 Å². The Balaban J connectivity index is 1.67. The number of aromatic nitrogens is 1. The summed E-state index contributed by atoms with van der Waals surface area (Å²) in [7, 11) is 0. The number of aliphatic hydroxyl groups is 1. The Hall–Kier alpha value is -1.32. The van der Waals surface area contributed by atoms with Crippen LogP contribution < -0.4 is 0 Å². The Kier molecular flexibility index (Phi) is 4.08. The molecule has 1 unspecified atom stereocenters. The Labute approximate surface area is 120 Å². The van der Waals surface area contributed by atoms with Crippen LogP contribution in [0, 0.1) is 0 Å². The fourth-order valence-electron chi connectivity index (χ4n) is 3.44. The number of aromatic amines is 1. The molecule has 2 N–H and O–H groups in total. The second kappa shape index (κ2) is 5.98. The van der Waals surface area contributed by atoms with Gasteiger partial charge in [-0.2, -0.15) is 0 Å². The normalized spacial score (nSPS) is 21.6. The third kappa shape index (κ3) is 2.60. The summed E-state index contributed by atoms with van der Waals surface area (Å²) in [6.07, 6.45) is 6.23. The first-order chi connectivity index (χ1) is 9.79. The highest BCUT2D eigenvalue weighted by molar-refractivity contribution is 5.83. The number of para-hydroxylation sites is 1. The Morgan fingerprint density at radius 3 is 3.10 bits per heavy atom. The van der Waals surface area contributed by atoms with Gasteiger partial charge in [0.05, 0.1) is 6.10 Å². The molecule has 2 atom stereocenters. The Morgan fingerprint density at radius 2 is 2.25 bits per heavy atom. The molecule has 1 aliphatic rings. The second-order valence-electron chi connectivity index (χ2n) is 5.83. The number of rotatable bonds is 5. The van der Waals surface area contributed by atoms with Gasteiger partial charge < -0.3 is 10.1 Å². The molecule has 0 amide bonds. The average molecular weight is 272 g/mol. The maximum absolute atomic E-state index is 10.1. The van der Waals surface area contributed by atoms with Crippen molar-refractivity contribution in [3.63, 3.8) is 0 Å². The van der Waals surface area contributed by atoms with Crippen molar-refractivity contribution >= 4 is 10.9 Å². The van der Waals surface area contributed by atoms with E-state index in [2.05, 4.69) is 47.3 Å². The monoisotopic (exact) mass is 272 g/mol. The van der Waals surface area contributed by atoms with Crippen LogP contribution in [0.3, 0.4) is 0 Å². The van der Waals surface area contributed by atoms with E-state index in [9.17, 15) is 5.11 Å². The van der Waals surface area contributed by atoms with Crippen LogP contribution in [0.5, 0.6) is 0 Å². The van der Waals surface area contributed by atoms with Crippen molar-refractivity contribution in [2.24, 2.45) is 0 Å². The number of hydrogen-bond donors (Lipinski definition) is 2. The van der Waals surface area contributed by atoms with E-state index in [-0.39, 0.29) is 6.10 Å². The molecule has 3 nitrogen and oxygen atoms in total. The molecule has 2 aromatic rings. The average Bonchev–Trinajstić information content (AvgIpc) is 3.11. The van der Waals surface area contributed by atoms with Crippen molar-refractivity contribution in [3.05, 3.63) is 36.0 Å². The van der Waals surface area contributed by atoms with E-state index in [4.69, 9.17) is 0 Å². The molecule has 1 fully saturated rings. The van der Waals surface area contributed by atoms with Crippen molar-refractivity contribution in [3.8, 4) is 0 Å². The van der Waals surface area contributed by atoms with Crippen LogP contribution >= 0.6 is 0 Å². The maximum atomic E-state index is 10.1. The summed E-state index contributed by atoms with van der Waals surface area (Å²) in [5.74, 6) is 0. The molecule has 0 radical (unpaired) electrons. The molecular weight excluding hydrogens is 248 g/mol. The fraction of sp³-hybridized carbons (Fsp3) is 0.529. The SMILES string of the molecule is CC[C@@H](O)C1CCCN1CCc1c[nH]c2ccccc12. The summed E-state index contributed by atoms with van der Waals surface area (Å²) in [5.41, 5.74) is 2.60. The summed E-state index contributed by atoms with van der Waals surface area (Å²) in [6, 6.07) is 8.84. The highest BCUT2D eigenvalue weighted by Crippen LogP contribution is 2.23. The maximum Gasteiger partial charge on any atom is 0.0692 e. The Morgan fingerprint density at radius 1 is 1.40 bits per heavy atom. The van der Waals surface area contributed by atoms with Gasteiger partial charge in [-0.15, -0.1) is 0 Å². The summed E-state index contributed by atoms with van der Waals surface area (Å²) in [4.78, 5) is 5.81. The molecule has 3 rings (SSSR count). The summed E-state index contributed by atoms with van der Waals surface area (Å²) >= 11 is 0.